The van der Waals surface area contributed by atoms with Crippen molar-refractivity contribution in [2.45, 2.75) is 4.90 Å². The van der Waals surface area contributed by atoms with Crippen LogP contribution in [0.15, 0.2) is 29.2 Å². The lowest BCUT2D eigenvalue weighted by Crippen LogP contribution is -2.43. The van der Waals surface area contributed by atoms with Crippen LogP contribution in [0.3, 0.4) is 0 Å². The van der Waals surface area contributed by atoms with E-state index in [0.717, 1.165) is 4.31 Å². The number of hydrogen-bond donors (Lipinski definition) is 0. The van der Waals surface area contributed by atoms with Gasteiger partial charge in [-0.2, -0.15) is 4.31 Å². The van der Waals surface area contributed by atoms with Crippen LogP contribution in [0.4, 0.5) is 0 Å². The SMILES string of the molecule is O=S1(=O)CCN(S(=O)(=O)c2ccccc2Cl)CC1. The van der Waals surface area contributed by atoms with Gasteiger partial charge in [0.25, 0.3) is 0 Å². The number of nitrogens with zero attached hydrogens (tertiary/aromatic N) is 1. The minimum atomic E-state index is -3.71. The second kappa shape index (κ2) is 4.80. The van der Waals surface area contributed by atoms with Crippen LogP contribution < -0.4 is 0 Å². The van der Waals surface area contributed by atoms with Gasteiger partial charge >= 0.3 is 0 Å². The van der Waals surface area contributed by atoms with E-state index in [1.807, 2.05) is 0 Å². The molecule has 1 aliphatic rings. The highest BCUT2D eigenvalue weighted by Gasteiger charge is 2.32. The summed E-state index contributed by atoms with van der Waals surface area (Å²) in [6.07, 6.45) is 0. The van der Waals surface area contributed by atoms with Gasteiger partial charge in [-0.3, -0.25) is 0 Å². The Morgan fingerprint density at radius 1 is 1.11 bits per heavy atom. The minimum absolute atomic E-state index is 0.0180. The Kier molecular flexibility index (Phi) is 3.68. The summed E-state index contributed by atoms with van der Waals surface area (Å²) < 4.78 is 48.3. The molecule has 0 aliphatic carbocycles. The Hall–Kier alpha value is -0.630. The zero-order valence-corrected chi connectivity index (χ0v) is 11.8. The fourth-order valence-electron chi connectivity index (χ4n) is 1.73. The van der Waals surface area contributed by atoms with Gasteiger partial charge in [-0.1, -0.05) is 23.7 Å². The lowest BCUT2D eigenvalue weighted by Gasteiger charge is -2.26. The Bertz CT molecular complexity index is 640. The summed E-state index contributed by atoms with van der Waals surface area (Å²) in [6.45, 7) is -0.0359. The van der Waals surface area contributed by atoms with Crippen LogP contribution in [0.5, 0.6) is 0 Å². The summed E-state index contributed by atoms with van der Waals surface area (Å²) in [5, 5.41) is 0.144. The zero-order valence-electron chi connectivity index (χ0n) is 9.41. The van der Waals surface area contributed by atoms with Gasteiger partial charge in [0.1, 0.15) is 4.90 Å². The minimum Gasteiger partial charge on any atom is -0.229 e. The molecule has 8 heteroatoms. The molecule has 0 atom stereocenters. The third-order valence-corrected chi connectivity index (χ3v) is 6.77. The summed E-state index contributed by atoms with van der Waals surface area (Å²) in [4.78, 5) is 0.0194. The molecular formula is C10H12ClNO4S2. The maximum atomic E-state index is 12.3. The average molecular weight is 310 g/mol. The molecule has 1 aliphatic heterocycles. The van der Waals surface area contributed by atoms with Crippen molar-refractivity contribution in [2.24, 2.45) is 0 Å². The topological polar surface area (TPSA) is 71.5 Å². The van der Waals surface area contributed by atoms with E-state index in [-0.39, 0.29) is 34.5 Å². The number of benzene rings is 1. The van der Waals surface area contributed by atoms with E-state index < -0.39 is 19.9 Å². The van der Waals surface area contributed by atoms with Gasteiger partial charge in [0.15, 0.2) is 9.84 Å². The van der Waals surface area contributed by atoms with E-state index >= 15 is 0 Å². The van der Waals surface area contributed by atoms with Crippen molar-refractivity contribution in [3.63, 3.8) is 0 Å². The van der Waals surface area contributed by atoms with Gasteiger partial charge in [-0.05, 0) is 12.1 Å². The molecule has 2 rings (SSSR count). The molecule has 0 bridgehead atoms. The van der Waals surface area contributed by atoms with Crippen LogP contribution in [-0.4, -0.2) is 45.7 Å². The quantitative estimate of drug-likeness (QED) is 0.808. The lowest BCUT2D eigenvalue weighted by atomic mass is 10.4. The van der Waals surface area contributed by atoms with Crippen LogP contribution in [-0.2, 0) is 19.9 Å². The van der Waals surface area contributed by atoms with Crippen molar-refractivity contribution < 1.29 is 16.8 Å². The molecule has 1 aromatic rings. The number of sulfone groups is 1. The van der Waals surface area contributed by atoms with Crippen LogP contribution in [0.2, 0.25) is 5.02 Å². The molecule has 0 radical (unpaired) electrons. The summed E-state index contributed by atoms with van der Waals surface area (Å²) in [5.74, 6) is -0.284. The second-order valence-corrected chi connectivity index (χ2v) is 8.60. The molecule has 1 fully saturated rings. The fourth-order valence-corrected chi connectivity index (χ4v) is 5.10. The third kappa shape index (κ3) is 2.69. The van der Waals surface area contributed by atoms with Crippen molar-refractivity contribution in [3.8, 4) is 0 Å². The average Bonchev–Trinajstić information content (AvgIpc) is 2.28. The molecule has 18 heavy (non-hydrogen) atoms. The number of halogens is 1. The molecular weight excluding hydrogens is 298 g/mol. The van der Waals surface area contributed by atoms with Gasteiger partial charge in [0.05, 0.1) is 16.5 Å². The first kappa shape index (κ1) is 13.8. The van der Waals surface area contributed by atoms with Crippen molar-refractivity contribution in [2.75, 3.05) is 24.6 Å². The van der Waals surface area contributed by atoms with E-state index in [2.05, 4.69) is 0 Å². The van der Waals surface area contributed by atoms with Crippen molar-refractivity contribution in [1.82, 2.24) is 4.31 Å². The third-order valence-electron chi connectivity index (χ3n) is 2.76. The predicted molar refractivity (Wildman–Crippen MR) is 68.9 cm³/mol. The molecule has 0 spiro atoms. The molecule has 1 heterocycles. The molecule has 1 aromatic carbocycles. The van der Waals surface area contributed by atoms with Crippen LogP contribution >= 0.6 is 11.6 Å². The molecule has 0 unspecified atom stereocenters. The Morgan fingerprint density at radius 2 is 1.67 bits per heavy atom. The van der Waals surface area contributed by atoms with Crippen LogP contribution in [0, 0.1) is 0 Å². The Labute approximate surface area is 111 Å². The van der Waals surface area contributed by atoms with E-state index in [4.69, 9.17) is 11.6 Å². The standard InChI is InChI=1S/C10H12ClNO4S2/c11-9-3-1-2-4-10(9)18(15,16)12-5-7-17(13,14)8-6-12/h1-4H,5-8H2. The smallest absolute Gasteiger partial charge is 0.229 e. The maximum absolute atomic E-state index is 12.3. The normalized spacial score (nSPS) is 20.7. The molecule has 0 saturated carbocycles. The first-order valence-corrected chi connectivity index (χ1v) is 8.92. The largest absolute Gasteiger partial charge is 0.244 e. The summed E-state index contributed by atoms with van der Waals surface area (Å²) >= 11 is 5.86. The first-order chi connectivity index (χ1) is 8.33. The zero-order chi connectivity index (χ0) is 13.4. The predicted octanol–water partition coefficient (Wildman–Crippen LogP) is 0.759. The fraction of sp³-hybridized carbons (Fsp3) is 0.400. The van der Waals surface area contributed by atoms with Gasteiger partial charge in [-0.15, -0.1) is 0 Å². The van der Waals surface area contributed by atoms with Crippen molar-refractivity contribution >= 4 is 31.5 Å². The summed E-state index contributed by atoms with van der Waals surface area (Å²) in [5.41, 5.74) is 0. The van der Waals surface area contributed by atoms with Gasteiger partial charge in [0, 0.05) is 13.1 Å². The van der Waals surface area contributed by atoms with E-state index in [0.29, 0.717) is 0 Å². The lowest BCUT2D eigenvalue weighted by molar-refractivity contribution is 0.431. The number of sulfonamides is 1. The van der Waals surface area contributed by atoms with Crippen molar-refractivity contribution in [1.29, 1.82) is 0 Å². The molecule has 0 N–H and O–H groups in total. The van der Waals surface area contributed by atoms with Crippen molar-refractivity contribution in [3.05, 3.63) is 29.3 Å². The highest BCUT2D eigenvalue weighted by Crippen LogP contribution is 2.25. The van der Waals surface area contributed by atoms with E-state index in [9.17, 15) is 16.8 Å². The molecule has 0 aromatic heterocycles. The number of rotatable bonds is 2. The van der Waals surface area contributed by atoms with Gasteiger partial charge in [0.2, 0.25) is 10.0 Å². The first-order valence-electron chi connectivity index (χ1n) is 5.28. The van der Waals surface area contributed by atoms with Gasteiger partial charge < -0.3 is 0 Å². The Balaban J connectivity index is 2.31. The summed E-state index contributed by atoms with van der Waals surface area (Å²) in [6, 6.07) is 6.14. The molecule has 0 amide bonds. The summed E-state index contributed by atoms with van der Waals surface area (Å²) in [7, 11) is -6.81. The highest BCUT2D eigenvalue weighted by atomic mass is 35.5. The highest BCUT2D eigenvalue weighted by molar-refractivity contribution is 7.92. The monoisotopic (exact) mass is 309 g/mol. The number of hydrogen-bond acceptors (Lipinski definition) is 4. The molecule has 1 saturated heterocycles. The van der Waals surface area contributed by atoms with Crippen LogP contribution in [0.25, 0.3) is 0 Å². The maximum Gasteiger partial charge on any atom is 0.244 e. The van der Waals surface area contributed by atoms with Crippen LogP contribution in [0.1, 0.15) is 0 Å². The Morgan fingerprint density at radius 3 is 2.22 bits per heavy atom. The van der Waals surface area contributed by atoms with E-state index in [1.165, 1.54) is 12.1 Å². The van der Waals surface area contributed by atoms with E-state index in [1.54, 1.807) is 12.1 Å². The van der Waals surface area contributed by atoms with Gasteiger partial charge in [-0.25, -0.2) is 16.8 Å². The second-order valence-electron chi connectivity index (χ2n) is 3.99. The molecule has 100 valence electrons. The molecule has 5 nitrogen and oxygen atoms in total.